The van der Waals surface area contributed by atoms with Crippen LogP contribution in [0.5, 0.6) is 0 Å². The van der Waals surface area contributed by atoms with Crippen molar-refractivity contribution < 1.29 is 9.59 Å². The Bertz CT molecular complexity index is 549. The molecule has 1 fully saturated rings. The van der Waals surface area contributed by atoms with Crippen LogP contribution in [0.3, 0.4) is 0 Å². The van der Waals surface area contributed by atoms with Gasteiger partial charge in [0.05, 0.1) is 0 Å². The van der Waals surface area contributed by atoms with Crippen molar-refractivity contribution in [3.8, 4) is 0 Å². The maximum absolute atomic E-state index is 12.7. The summed E-state index contributed by atoms with van der Waals surface area (Å²) in [4.78, 5) is 28.9. The molecule has 0 N–H and O–H groups in total. The molecule has 1 atom stereocenters. The second kappa shape index (κ2) is 5.88. The number of hydrogen-bond donors (Lipinski definition) is 0. The summed E-state index contributed by atoms with van der Waals surface area (Å²) in [6, 6.07) is 7.38. The van der Waals surface area contributed by atoms with Crippen LogP contribution < -0.4 is 0 Å². The quantitative estimate of drug-likeness (QED) is 0.793. The molecule has 2 aliphatic heterocycles. The molecule has 2 heterocycles. The van der Waals surface area contributed by atoms with Gasteiger partial charge in [-0.15, -0.1) is 0 Å². The van der Waals surface area contributed by atoms with Crippen molar-refractivity contribution in [2.24, 2.45) is 0 Å². The van der Waals surface area contributed by atoms with E-state index in [1.165, 1.54) is 6.42 Å². The summed E-state index contributed by atoms with van der Waals surface area (Å²) in [5, 5.41) is 0. The van der Waals surface area contributed by atoms with Gasteiger partial charge in [0.1, 0.15) is 6.04 Å². The van der Waals surface area contributed by atoms with Gasteiger partial charge in [-0.05, 0) is 43.7 Å². The molecule has 0 bridgehead atoms. The van der Waals surface area contributed by atoms with E-state index in [0.717, 1.165) is 43.5 Å². The molecule has 1 aromatic rings. The normalized spacial score (nSPS) is 22.7. The van der Waals surface area contributed by atoms with E-state index >= 15 is 0 Å². The number of amides is 2. The summed E-state index contributed by atoms with van der Waals surface area (Å²) in [7, 11) is 1.76. The standard InChI is InChI=1S/C17H22N2O2/c1-18-15(17(21)19-11-5-2-6-12-19)10-9-13-7-3-4-8-14(13)16(18)20/h3-4,7-8,15H,2,5-6,9-12H2,1H3. The molecule has 0 aromatic heterocycles. The molecule has 21 heavy (non-hydrogen) atoms. The largest absolute Gasteiger partial charge is 0.341 e. The second-order valence-electron chi connectivity index (χ2n) is 6.01. The van der Waals surface area contributed by atoms with Crippen LogP contribution in [0.4, 0.5) is 0 Å². The van der Waals surface area contributed by atoms with Crippen LogP contribution in [0, 0.1) is 0 Å². The third-order valence-corrected chi connectivity index (χ3v) is 4.68. The molecule has 4 heteroatoms. The van der Waals surface area contributed by atoms with Gasteiger partial charge in [0.15, 0.2) is 0 Å². The van der Waals surface area contributed by atoms with Gasteiger partial charge >= 0.3 is 0 Å². The highest BCUT2D eigenvalue weighted by Crippen LogP contribution is 2.23. The van der Waals surface area contributed by atoms with Gasteiger partial charge in [-0.2, -0.15) is 0 Å². The third-order valence-electron chi connectivity index (χ3n) is 4.68. The topological polar surface area (TPSA) is 40.6 Å². The zero-order valence-electron chi connectivity index (χ0n) is 12.5. The van der Waals surface area contributed by atoms with E-state index in [2.05, 4.69) is 0 Å². The Morgan fingerprint density at radius 3 is 2.62 bits per heavy atom. The number of benzene rings is 1. The highest BCUT2D eigenvalue weighted by atomic mass is 16.2. The van der Waals surface area contributed by atoms with Crippen LogP contribution in [0.2, 0.25) is 0 Å². The Morgan fingerprint density at radius 1 is 1.14 bits per heavy atom. The van der Waals surface area contributed by atoms with E-state index in [4.69, 9.17) is 0 Å². The zero-order chi connectivity index (χ0) is 14.8. The number of aryl methyl sites for hydroxylation is 1. The van der Waals surface area contributed by atoms with E-state index in [1.54, 1.807) is 11.9 Å². The molecule has 2 amide bonds. The first kappa shape index (κ1) is 14.1. The Morgan fingerprint density at radius 2 is 1.86 bits per heavy atom. The fourth-order valence-corrected chi connectivity index (χ4v) is 3.38. The lowest BCUT2D eigenvalue weighted by Gasteiger charge is -2.33. The fraction of sp³-hybridized carbons (Fsp3) is 0.529. The number of carbonyl (C=O) groups is 2. The second-order valence-corrected chi connectivity index (χ2v) is 6.01. The molecule has 112 valence electrons. The van der Waals surface area contributed by atoms with Crippen LogP contribution in [-0.4, -0.2) is 47.8 Å². The summed E-state index contributed by atoms with van der Waals surface area (Å²) >= 11 is 0. The summed E-state index contributed by atoms with van der Waals surface area (Å²) in [5.74, 6) is 0.0943. The van der Waals surface area contributed by atoms with Gasteiger partial charge in [-0.25, -0.2) is 0 Å². The number of hydrogen-bond acceptors (Lipinski definition) is 2. The lowest BCUT2D eigenvalue weighted by molar-refractivity contribution is -0.136. The van der Waals surface area contributed by atoms with Crippen molar-refractivity contribution in [2.75, 3.05) is 20.1 Å². The molecule has 0 saturated carbocycles. The predicted octanol–water partition coefficient (Wildman–Crippen LogP) is 2.09. The van der Waals surface area contributed by atoms with Gasteiger partial charge in [0.2, 0.25) is 5.91 Å². The number of likely N-dealkylation sites (tertiary alicyclic amines) is 1. The summed E-state index contributed by atoms with van der Waals surface area (Å²) in [6.07, 6.45) is 4.87. The number of nitrogens with zero attached hydrogens (tertiary/aromatic N) is 2. The summed E-state index contributed by atoms with van der Waals surface area (Å²) < 4.78 is 0. The van der Waals surface area contributed by atoms with E-state index in [1.807, 2.05) is 29.2 Å². The Hall–Kier alpha value is -1.84. The first-order chi connectivity index (χ1) is 10.2. The smallest absolute Gasteiger partial charge is 0.254 e. The minimum atomic E-state index is -0.317. The summed E-state index contributed by atoms with van der Waals surface area (Å²) in [6.45, 7) is 1.68. The van der Waals surface area contributed by atoms with Crippen molar-refractivity contribution in [1.82, 2.24) is 9.80 Å². The summed E-state index contributed by atoms with van der Waals surface area (Å²) in [5.41, 5.74) is 1.80. The first-order valence-corrected chi connectivity index (χ1v) is 7.82. The first-order valence-electron chi connectivity index (χ1n) is 7.82. The third kappa shape index (κ3) is 2.67. The molecule has 1 aromatic carbocycles. The minimum absolute atomic E-state index is 0.0292. The van der Waals surface area contributed by atoms with E-state index in [0.29, 0.717) is 6.42 Å². The van der Waals surface area contributed by atoms with Gasteiger partial charge < -0.3 is 9.80 Å². The van der Waals surface area contributed by atoms with E-state index in [-0.39, 0.29) is 17.9 Å². The van der Waals surface area contributed by atoms with Gasteiger partial charge in [0.25, 0.3) is 5.91 Å². The molecule has 1 saturated heterocycles. The Labute approximate surface area is 125 Å². The monoisotopic (exact) mass is 286 g/mol. The number of likely N-dealkylation sites (N-methyl/N-ethyl adjacent to an activating group) is 1. The highest BCUT2D eigenvalue weighted by molar-refractivity contribution is 5.99. The van der Waals surface area contributed by atoms with Crippen molar-refractivity contribution in [3.05, 3.63) is 35.4 Å². The Kier molecular flexibility index (Phi) is 3.95. The lowest BCUT2D eigenvalue weighted by atomic mass is 10.0. The number of carbonyl (C=O) groups excluding carboxylic acids is 2. The highest BCUT2D eigenvalue weighted by Gasteiger charge is 2.34. The molecule has 1 unspecified atom stereocenters. The van der Waals surface area contributed by atoms with Gasteiger partial charge in [-0.3, -0.25) is 9.59 Å². The molecule has 0 spiro atoms. The van der Waals surface area contributed by atoms with Crippen molar-refractivity contribution in [3.63, 3.8) is 0 Å². The molecule has 3 rings (SSSR count). The predicted molar refractivity (Wildman–Crippen MR) is 81.1 cm³/mol. The van der Waals surface area contributed by atoms with E-state index in [9.17, 15) is 9.59 Å². The number of fused-ring (bicyclic) bond motifs is 1. The number of piperidine rings is 1. The molecule has 0 aliphatic carbocycles. The zero-order valence-corrected chi connectivity index (χ0v) is 12.5. The maximum Gasteiger partial charge on any atom is 0.254 e. The molecule has 2 aliphatic rings. The van der Waals surface area contributed by atoms with Crippen LogP contribution in [-0.2, 0) is 11.2 Å². The maximum atomic E-state index is 12.7. The Balaban J connectivity index is 1.82. The van der Waals surface area contributed by atoms with Gasteiger partial charge in [0, 0.05) is 25.7 Å². The van der Waals surface area contributed by atoms with E-state index < -0.39 is 0 Å². The average Bonchev–Trinajstić information content (AvgIpc) is 2.66. The van der Waals surface area contributed by atoms with Gasteiger partial charge in [-0.1, -0.05) is 18.2 Å². The van der Waals surface area contributed by atoms with Crippen LogP contribution >= 0.6 is 0 Å². The number of rotatable bonds is 1. The lowest BCUT2D eigenvalue weighted by Crippen LogP contribution is -2.50. The SMILES string of the molecule is CN1C(=O)c2ccccc2CCC1C(=O)N1CCCCC1. The molecule has 0 radical (unpaired) electrons. The average molecular weight is 286 g/mol. The van der Waals surface area contributed by atoms with Crippen molar-refractivity contribution in [2.45, 2.75) is 38.1 Å². The molecular formula is C17H22N2O2. The minimum Gasteiger partial charge on any atom is -0.341 e. The van der Waals surface area contributed by atoms with Crippen molar-refractivity contribution in [1.29, 1.82) is 0 Å². The van der Waals surface area contributed by atoms with Crippen molar-refractivity contribution >= 4 is 11.8 Å². The molecular weight excluding hydrogens is 264 g/mol. The van der Waals surface area contributed by atoms with Crippen LogP contribution in [0.1, 0.15) is 41.6 Å². The fourth-order valence-electron chi connectivity index (χ4n) is 3.38. The van der Waals surface area contributed by atoms with Crippen LogP contribution in [0.15, 0.2) is 24.3 Å². The molecule has 4 nitrogen and oxygen atoms in total. The van der Waals surface area contributed by atoms with Crippen LogP contribution in [0.25, 0.3) is 0 Å².